The standard InChI is InChI=1S/C17H32N2O2/c1-16(2,3)21-15(20)19-11-7-8-13(19)12-18-14-9-6-10-17(14,4)5/h13-14,18H,6-12H2,1-5H3. The molecule has 4 heteroatoms. The Labute approximate surface area is 129 Å². The van der Waals surface area contributed by atoms with Gasteiger partial charge in [0.05, 0.1) is 0 Å². The van der Waals surface area contributed by atoms with Crippen molar-refractivity contribution in [2.24, 2.45) is 5.41 Å². The van der Waals surface area contributed by atoms with E-state index in [0.29, 0.717) is 11.5 Å². The third-order valence-electron chi connectivity index (χ3n) is 4.86. The largest absolute Gasteiger partial charge is 0.444 e. The van der Waals surface area contributed by atoms with Crippen LogP contribution in [0.3, 0.4) is 0 Å². The summed E-state index contributed by atoms with van der Waals surface area (Å²) in [5.74, 6) is 0. The summed E-state index contributed by atoms with van der Waals surface area (Å²) in [5, 5.41) is 3.71. The summed E-state index contributed by atoms with van der Waals surface area (Å²) in [6.45, 7) is 12.2. The Morgan fingerprint density at radius 3 is 2.57 bits per heavy atom. The van der Waals surface area contributed by atoms with Crippen molar-refractivity contribution in [3.8, 4) is 0 Å². The summed E-state index contributed by atoms with van der Waals surface area (Å²) in [6.07, 6.45) is 5.87. The zero-order valence-corrected chi connectivity index (χ0v) is 14.4. The van der Waals surface area contributed by atoms with E-state index in [4.69, 9.17) is 4.74 Å². The first kappa shape index (κ1) is 16.6. The van der Waals surface area contributed by atoms with E-state index in [1.165, 1.54) is 19.3 Å². The molecule has 1 aliphatic heterocycles. The average molecular weight is 296 g/mol. The molecule has 0 spiro atoms. The Balaban J connectivity index is 1.86. The average Bonchev–Trinajstić information content (AvgIpc) is 2.90. The van der Waals surface area contributed by atoms with Gasteiger partial charge < -0.3 is 15.0 Å². The van der Waals surface area contributed by atoms with Gasteiger partial charge in [-0.25, -0.2) is 4.79 Å². The van der Waals surface area contributed by atoms with Crippen LogP contribution in [0.15, 0.2) is 0 Å². The molecule has 1 heterocycles. The molecular formula is C17H32N2O2. The van der Waals surface area contributed by atoms with Crippen LogP contribution in [0.1, 0.15) is 66.7 Å². The summed E-state index contributed by atoms with van der Waals surface area (Å²) in [5.41, 5.74) is -0.0273. The van der Waals surface area contributed by atoms with E-state index in [-0.39, 0.29) is 12.1 Å². The topological polar surface area (TPSA) is 41.6 Å². The van der Waals surface area contributed by atoms with E-state index in [9.17, 15) is 4.79 Å². The Kier molecular flexibility index (Phi) is 4.86. The molecule has 122 valence electrons. The fraction of sp³-hybridized carbons (Fsp3) is 0.941. The lowest BCUT2D eigenvalue weighted by molar-refractivity contribution is 0.0222. The molecule has 0 aromatic rings. The molecular weight excluding hydrogens is 264 g/mol. The van der Waals surface area contributed by atoms with Crippen LogP contribution in [-0.4, -0.2) is 41.8 Å². The maximum absolute atomic E-state index is 12.3. The number of hydrogen-bond donors (Lipinski definition) is 1. The van der Waals surface area contributed by atoms with Crippen molar-refractivity contribution in [1.82, 2.24) is 10.2 Å². The second-order valence-electron chi connectivity index (χ2n) is 8.31. The highest BCUT2D eigenvalue weighted by Crippen LogP contribution is 2.37. The molecule has 1 saturated heterocycles. The number of nitrogens with zero attached hydrogens (tertiary/aromatic N) is 1. The van der Waals surface area contributed by atoms with Crippen LogP contribution in [-0.2, 0) is 4.74 Å². The third kappa shape index (κ3) is 4.35. The van der Waals surface area contributed by atoms with E-state index in [0.717, 1.165) is 25.9 Å². The van der Waals surface area contributed by atoms with Crippen molar-refractivity contribution < 1.29 is 9.53 Å². The number of rotatable bonds is 3. The van der Waals surface area contributed by atoms with Crippen LogP contribution >= 0.6 is 0 Å². The maximum Gasteiger partial charge on any atom is 0.410 e. The molecule has 1 saturated carbocycles. The Hall–Kier alpha value is -0.770. The van der Waals surface area contributed by atoms with Crippen LogP contribution in [0.4, 0.5) is 4.79 Å². The number of hydrogen-bond acceptors (Lipinski definition) is 3. The summed E-state index contributed by atoms with van der Waals surface area (Å²) < 4.78 is 5.52. The molecule has 21 heavy (non-hydrogen) atoms. The van der Waals surface area contributed by atoms with Crippen molar-refractivity contribution in [1.29, 1.82) is 0 Å². The highest BCUT2D eigenvalue weighted by molar-refractivity contribution is 5.69. The SMILES string of the molecule is CC(C)(C)OC(=O)N1CCCC1CNC1CCCC1(C)C. The van der Waals surface area contributed by atoms with Crippen LogP contribution in [0, 0.1) is 5.41 Å². The van der Waals surface area contributed by atoms with E-state index in [1.54, 1.807) is 0 Å². The molecule has 2 rings (SSSR count). The number of likely N-dealkylation sites (tertiary alicyclic amines) is 1. The third-order valence-corrected chi connectivity index (χ3v) is 4.86. The van der Waals surface area contributed by atoms with E-state index < -0.39 is 5.60 Å². The predicted molar refractivity (Wildman–Crippen MR) is 85.4 cm³/mol. The van der Waals surface area contributed by atoms with E-state index in [1.807, 2.05) is 25.7 Å². The van der Waals surface area contributed by atoms with Gasteiger partial charge in [0, 0.05) is 25.2 Å². The molecule has 2 unspecified atom stereocenters. The summed E-state index contributed by atoms with van der Waals surface area (Å²) in [7, 11) is 0. The minimum absolute atomic E-state index is 0.155. The van der Waals surface area contributed by atoms with Crippen molar-refractivity contribution in [2.75, 3.05) is 13.1 Å². The quantitative estimate of drug-likeness (QED) is 0.866. The fourth-order valence-electron chi connectivity index (χ4n) is 3.59. The Bertz CT molecular complexity index is 373. The maximum atomic E-state index is 12.3. The van der Waals surface area contributed by atoms with Gasteiger partial charge >= 0.3 is 6.09 Å². The number of nitrogens with one attached hydrogen (secondary N) is 1. The van der Waals surface area contributed by atoms with Gasteiger partial charge in [-0.05, 0) is 51.9 Å². The van der Waals surface area contributed by atoms with Crippen LogP contribution in [0.5, 0.6) is 0 Å². The Morgan fingerprint density at radius 1 is 1.29 bits per heavy atom. The van der Waals surface area contributed by atoms with Crippen molar-refractivity contribution in [3.05, 3.63) is 0 Å². The fourth-order valence-corrected chi connectivity index (χ4v) is 3.59. The van der Waals surface area contributed by atoms with Crippen LogP contribution in [0.25, 0.3) is 0 Å². The summed E-state index contributed by atoms with van der Waals surface area (Å²) in [6, 6.07) is 0.870. The number of carbonyl (C=O) groups is 1. The van der Waals surface area contributed by atoms with Crippen molar-refractivity contribution in [2.45, 2.75) is 84.4 Å². The smallest absolute Gasteiger partial charge is 0.410 e. The van der Waals surface area contributed by atoms with Crippen LogP contribution < -0.4 is 5.32 Å². The lowest BCUT2D eigenvalue weighted by Gasteiger charge is -2.32. The normalized spacial score (nSPS) is 28.9. The van der Waals surface area contributed by atoms with Crippen molar-refractivity contribution in [3.63, 3.8) is 0 Å². The van der Waals surface area contributed by atoms with Gasteiger partial charge in [0.1, 0.15) is 5.60 Å². The van der Waals surface area contributed by atoms with E-state index in [2.05, 4.69) is 19.2 Å². The predicted octanol–water partition coefficient (Wildman–Crippen LogP) is 3.55. The minimum Gasteiger partial charge on any atom is -0.444 e. The van der Waals surface area contributed by atoms with Crippen molar-refractivity contribution >= 4 is 6.09 Å². The molecule has 0 aromatic heterocycles. The lowest BCUT2D eigenvalue weighted by atomic mass is 9.87. The molecule has 1 amide bonds. The lowest BCUT2D eigenvalue weighted by Crippen LogP contribution is -2.48. The number of ether oxygens (including phenoxy) is 1. The first-order chi connectivity index (χ1) is 9.69. The van der Waals surface area contributed by atoms with Crippen LogP contribution in [0.2, 0.25) is 0 Å². The first-order valence-corrected chi connectivity index (χ1v) is 8.42. The summed E-state index contributed by atoms with van der Waals surface area (Å²) >= 11 is 0. The van der Waals surface area contributed by atoms with E-state index >= 15 is 0 Å². The molecule has 2 aliphatic rings. The molecule has 0 radical (unpaired) electrons. The second-order valence-corrected chi connectivity index (χ2v) is 8.31. The molecule has 2 fully saturated rings. The zero-order valence-electron chi connectivity index (χ0n) is 14.4. The molecule has 1 N–H and O–H groups in total. The van der Waals surface area contributed by atoms with Gasteiger partial charge in [-0.15, -0.1) is 0 Å². The highest BCUT2D eigenvalue weighted by Gasteiger charge is 2.36. The minimum atomic E-state index is -0.412. The first-order valence-electron chi connectivity index (χ1n) is 8.42. The Morgan fingerprint density at radius 2 is 2.00 bits per heavy atom. The highest BCUT2D eigenvalue weighted by atomic mass is 16.6. The molecule has 4 nitrogen and oxygen atoms in total. The van der Waals surface area contributed by atoms with Gasteiger partial charge in [-0.2, -0.15) is 0 Å². The molecule has 2 atom stereocenters. The van der Waals surface area contributed by atoms with Gasteiger partial charge in [-0.1, -0.05) is 20.3 Å². The molecule has 1 aliphatic carbocycles. The van der Waals surface area contributed by atoms with Gasteiger partial charge in [0.15, 0.2) is 0 Å². The summed E-state index contributed by atoms with van der Waals surface area (Å²) in [4.78, 5) is 14.2. The van der Waals surface area contributed by atoms with Gasteiger partial charge in [-0.3, -0.25) is 0 Å². The second kappa shape index (κ2) is 6.15. The monoisotopic (exact) mass is 296 g/mol. The molecule has 0 aromatic carbocycles. The van der Waals surface area contributed by atoms with Gasteiger partial charge in [0.25, 0.3) is 0 Å². The zero-order chi connectivity index (χ0) is 15.7. The number of carbonyl (C=O) groups excluding carboxylic acids is 1. The van der Waals surface area contributed by atoms with Gasteiger partial charge in [0.2, 0.25) is 0 Å². The number of amides is 1. The molecule has 0 bridgehead atoms.